The predicted octanol–water partition coefficient (Wildman–Crippen LogP) is -4.18. The predicted molar refractivity (Wildman–Crippen MR) is 484 cm³/mol. The van der Waals surface area contributed by atoms with Crippen molar-refractivity contribution in [3.63, 3.8) is 0 Å². The summed E-state index contributed by atoms with van der Waals surface area (Å²) in [4.78, 5) is 124. The fourth-order valence-corrected chi connectivity index (χ4v) is 22.2. The van der Waals surface area contributed by atoms with E-state index in [0.717, 1.165) is 17.4 Å². The van der Waals surface area contributed by atoms with Crippen LogP contribution in [-0.4, -0.2) is 359 Å². The maximum Gasteiger partial charge on any atom is 0.408 e. The van der Waals surface area contributed by atoms with Gasteiger partial charge in [-0.3, -0.25) is 93.7 Å². The van der Waals surface area contributed by atoms with Crippen molar-refractivity contribution in [1.82, 2.24) is 132 Å². The number of aromatic amines is 4. The number of anilines is 6. The largest absolute Gasteiger partial charge is 0.408 e. The molecular weight excluding hydrogens is 1900 g/mol. The molecule has 24 N–H and O–H groups in total. The second kappa shape index (κ2) is 43.0. The lowest BCUT2D eigenvalue weighted by Gasteiger charge is -2.30. The van der Waals surface area contributed by atoms with Crippen molar-refractivity contribution in [3.8, 4) is 0 Å². The maximum atomic E-state index is 14.4. The molecule has 18 rings (SSSR count). The van der Waals surface area contributed by atoms with Gasteiger partial charge in [0, 0.05) is 72.3 Å². The molecule has 7 aliphatic heterocycles. The van der Waals surface area contributed by atoms with E-state index in [4.69, 9.17) is 99.4 Å². The Morgan fingerprint density at radius 3 is 1.24 bits per heavy atom. The summed E-state index contributed by atoms with van der Waals surface area (Å²) in [6, 6.07) is 1.40. The van der Waals surface area contributed by atoms with Crippen molar-refractivity contribution in [3.05, 3.63) is 102 Å². The third-order valence-electron chi connectivity index (χ3n) is 23.9. The van der Waals surface area contributed by atoms with E-state index in [1.807, 2.05) is 38.0 Å². The Morgan fingerprint density at radius 1 is 0.453 bits per heavy atom. The molecule has 0 aromatic carbocycles. The number of aliphatic hydroxyl groups excluding tert-OH is 6. The van der Waals surface area contributed by atoms with E-state index < -0.39 is 207 Å². The quantitative estimate of drug-likeness (QED) is 0.0130. The average molecular weight is 2010 g/mol. The van der Waals surface area contributed by atoms with Crippen LogP contribution in [0.5, 0.6) is 0 Å². The molecule has 18 heterocycles. The molecule has 5 unspecified atom stereocenters. The normalized spacial score (nSPS) is 28.0. The van der Waals surface area contributed by atoms with Gasteiger partial charge in [0.2, 0.25) is 23.8 Å². The minimum atomic E-state index is -4.19. The van der Waals surface area contributed by atoms with Gasteiger partial charge in [-0.05, 0) is 73.0 Å². The zero-order valence-electron chi connectivity index (χ0n) is 75.7. The van der Waals surface area contributed by atoms with Crippen LogP contribution in [0.2, 0.25) is 0 Å². The molecule has 0 radical (unpaired) electrons. The van der Waals surface area contributed by atoms with Gasteiger partial charge < -0.3 is 113 Å². The number of hydrogen-bond donors (Lipinski definition) is 18. The number of hydrogen-bond acceptors (Lipinski definition) is 48. The van der Waals surface area contributed by atoms with Gasteiger partial charge in [-0.2, -0.15) is 24.9 Å². The standard InChI is InChI=1S/C26H39N12O10P.C25H39N10O10P.C24H32N11O8P/c1-36(2)6-4-5-31-49(43,48-12-7-15(46-13(12)8-39)37-10-29-16-20(37)32-25(27)34-22(16)41)45-9-14-18(40)19(44-3)24(47-14)38-11-30-17-21(38)33-26(28)35-23(17)42;1-33(2)7-4-6-29-46(40,42-11-15-19(37)20(41-3)23(44-15)34-8-5-16(26)30-25(34)39)45-13-9-17(43-14(13)10-36)35-12-28-18-21(35)31-24(27)32-22(18)38;25-20-18-21(28-9-27-20)34(10-29-18)16-5-12(37)15(42-16)8-40-44(39,33-3-1-2-4-33)43-13-6-17(41-14(13)7-36)35-11-30-19-22(35)31-24(26)32-23(19)38/h10-15,18-19,24,39-40H,4-9H2,1-3H3,(H,31,43)(H3,27,32,34,41)(H3,28,33,35,42);5,8,12-15,17,19-20,23,36-37H,4,6-7,9-11H2,1-3H3,(H,29,40)(H2,26,30,39)(H3,27,31,32,38);9-17,36-37H,1-8H2,(H2,25,27,28)(H3,26,31,32,38)/t12-,13-,14-,15-,18+,19?,24-,49?;13-,14-,15-,17-,19+,20?,23-,46?;12-,13-,14-,15-,16-,17-,44?/m111/s1. The zero-order chi connectivity index (χ0) is 98.8. The number of nitrogen functional groups attached to an aromatic ring is 6. The summed E-state index contributed by atoms with van der Waals surface area (Å²) < 4.78 is 136. The summed E-state index contributed by atoms with van der Waals surface area (Å²) in [6.45, 7) is 0.293. The summed E-state index contributed by atoms with van der Waals surface area (Å²) in [5, 5.41) is 69.1. The number of ether oxygens (including phenoxy) is 8. The Balaban J connectivity index is 0.000000151. The van der Waals surface area contributed by atoms with Crippen LogP contribution < -0.4 is 72.5 Å². The second-order valence-corrected chi connectivity index (χ2v) is 39.4. The van der Waals surface area contributed by atoms with Gasteiger partial charge in [0.05, 0.1) is 77.4 Å². The number of nitrogens with one attached hydrogen (secondary N) is 6. The van der Waals surface area contributed by atoms with Crippen LogP contribution in [0.4, 0.5) is 35.4 Å². The molecule has 23 atom stereocenters. The van der Waals surface area contributed by atoms with E-state index >= 15 is 0 Å². The Morgan fingerprint density at radius 2 is 0.827 bits per heavy atom. The van der Waals surface area contributed by atoms with Gasteiger partial charge in [-0.15, -0.1) is 0 Å². The topological polar surface area (TPSA) is 824 Å². The highest BCUT2D eigenvalue weighted by molar-refractivity contribution is 7.52. The van der Waals surface area contributed by atoms with Crippen molar-refractivity contribution in [1.29, 1.82) is 0 Å². The van der Waals surface area contributed by atoms with Crippen LogP contribution in [0.3, 0.4) is 0 Å². The minimum Gasteiger partial charge on any atom is -0.394 e. The highest BCUT2D eigenvalue weighted by atomic mass is 31.2. The molecule has 64 heteroatoms. The van der Waals surface area contributed by atoms with Gasteiger partial charge in [-0.1, -0.05) is 0 Å². The summed E-state index contributed by atoms with van der Waals surface area (Å²) in [5.74, 6) is -0.215. The molecule has 11 aromatic rings. The number of rotatable bonds is 37. The number of methoxy groups -OCH3 is 2. The van der Waals surface area contributed by atoms with Crippen LogP contribution in [0.15, 0.2) is 74.2 Å². The number of nitrogens with zero attached hydrogens (tertiary/aromatic N) is 21. The van der Waals surface area contributed by atoms with E-state index in [9.17, 15) is 68.3 Å². The molecule has 0 bridgehead atoms. The highest BCUT2D eigenvalue weighted by Gasteiger charge is 2.53. The number of aromatic nitrogens is 22. The van der Waals surface area contributed by atoms with E-state index in [-0.39, 0.29) is 125 Å². The fourth-order valence-electron chi connectivity index (χ4n) is 17.0. The van der Waals surface area contributed by atoms with E-state index in [0.29, 0.717) is 50.2 Å². The first-order valence-corrected chi connectivity index (χ1v) is 48.5. The van der Waals surface area contributed by atoms with Gasteiger partial charge >= 0.3 is 28.9 Å². The number of nitrogens with two attached hydrogens (primary N) is 6. The van der Waals surface area contributed by atoms with Crippen molar-refractivity contribution in [2.24, 2.45) is 0 Å². The van der Waals surface area contributed by atoms with Crippen LogP contribution in [0.1, 0.15) is 88.7 Å². The fraction of sp³-hybridized carbons (Fsp3) is 0.613. The van der Waals surface area contributed by atoms with Crippen LogP contribution in [0, 0.1) is 0 Å². The Bertz CT molecular complexity index is 6610. The van der Waals surface area contributed by atoms with E-state index in [2.05, 4.69) is 89.9 Å². The van der Waals surface area contributed by atoms with Crippen LogP contribution in [0.25, 0.3) is 55.8 Å². The van der Waals surface area contributed by atoms with Gasteiger partial charge in [0.25, 0.3) is 22.2 Å². The summed E-state index contributed by atoms with van der Waals surface area (Å²) in [6.07, 6.45) is -6.17. The number of H-pyrrole nitrogens is 4. The molecule has 0 aliphatic carbocycles. The molecule has 139 heavy (non-hydrogen) atoms. The van der Waals surface area contributed by atoms with Crippen LogP contribution in [-0.2, 0) is 78.7 Å². The maximum absolute atomic E-state index is 14.4. The molecule has 758 valence electrons. The van der Waals surface area contributed by atoms with E-state index in [1.165, 1.54) is 82.7 Å². The molecule has 11 aromatic heterocycles. The first-order valence-electron chi connectivity index (χ1n) is 43.9. The molecule has 0 saturated carbocycles. The third-order valence-corrected chi connectivity index (χ3v) is 29.3. The van der Waals surface area contributed by atoms with Gasteiger partial charge in [0.15, 0.2) is 68.6 Å². The van der Waals surface area contributed by atoms with E-state index in [1.54, 1.807) is 9.24 Å². The zero-order valence-corrected chi connectivity index (χ0v) is 78.4. The Hall–Kier alpha value is -10.7. The molecule has 0 amide bonds. The molecule has 7 aliphatic rings. The Kier molecular flexibility index (Phi) is 31.3. The average Bonchev–Trinajstić information content (AvgIpc) is 1.64. The second-order valence-electron chi connectivity index (χ2n) is 33.9. The lowest BCUT2D eigenvalue weighted by atomic mass is 10.1. The molecule has 7 fully saturated rings. The first kappa shape index (κ1) is 101. The monoisotopic (exact) mass is 2010 g/mol. The third kappa shape index (κ3) is 22.0. The SMILES string of the molecule is COC1[C@@H](O)[C@@H](COP(=O)(NCCCN(C)C)O[C@@H]2C[C@H](n3cnc4c(=O)[nH]c(N)nc43)O[C@@H]2CO)O[C@H]1n1ccc(N)nc1=O.COC1[C@@H](O)[C@@H](COP(=O)(NCCCN(C)C)O[C@@H]2C[C@H](n3cnc4c(=O)[nH]c(N)nc43)O[C@@H]2CO)O[C@H]1n1cnc2c(=O)[nH]c(N)nc21.Nc1nc2c(ncn2[C@H]2C[C@@H](OP(=O)(OC[C@H]3O[C@@H](n4cnc5c(N)ncnc54)C[C@H]3O)N3CCCC3)[C@@H](CO)O2)c(=O)[nH]1. The first-order chi connectivity index (χ1) is 66.6. The highest BCUT2D eigenvalue weighted by Crippen LogP contribution is 2.58. The summed E-state index contributed by atoms with van der Waals surface area (Å²) in [5.41, 5.74) is 33.3. The van der Waals surface area contributed by atoms with Crippen LogP contribution >= 0.6 is 23.2 Å². The number of imidazole rings is 5. The lowest BCUT2D eigenvalue weighted by Crippen LogP contribution is -2.38. The van der Waals surface area contributed by atoms with Crippen molar-refractivity contribution in [2.75, 3.05) is 156 Å². The van der Waals surface area contributed by atoms with Crippen molar-refractivity contribution < 1.29 is 109 Å². The number of aliphatic hydroxyl groups is 6. The van der Waals surface area contributed by atoms with Gasteiger partial charge in [-0.25, -0.2) is 68.2 Å². The smallest absolute Gasteiger partial charge is 0.394 e. The summed E-state index contributed by atoms with van der Waals surface area (Å²) in [7, 11) is -2.00. The molecule has 0 spiro atoms. The van der Waals surface area contributed by atoms with Gasteiger partial charge in [0.1, 0.15) is 122 Å². The van der Waals surface area contributed by atoms with Crippen molar-refractivity contribution >= 4 is 114 Å². The molecular formula is C75H110N33O28P3. The number of fused-ring (bicyclic) bond motifs is 5. The Labute approximate surface area is 784 Å². The van der Waals surface area contributed by atoms with Crippen molar-refractivity contribution in [2.45, 2.75) is 174 Å². The summed E-state index contributed by atoms with van der Waals surface area (Å²) >= 11 is 0. The molecule has 61 nitrogen and oxygen atoms in total. The molecule has 7 saturated heterocycles. The minimum absolute atomic E-state index is 0.00642. The lowest BCUT2D eigenvalue weighted by molar-refractivity contribution is -0.0633.